The topological polar surface area (TPSA) is 4.93 Å². The quantitative estimate of drug-likeness (QED) is 0.214. The number of benzene rings is 4. The smallest absolute Gasteiger partial charge is 0.309 e. The summed E-state index contributed by atoms with van der Waals surface area (Å²) in [7, 11) is 0. The van der Waals surface area contributed by atoms with Crippen molar-refractivity contribution in [2.45, 2.75) is 33.1 Å². The molecule has 0 aliphatic carbocycles. The number of halogens is 6. The standard InChI is InChI=1S/C29H21F6N/c1-16-4-8-23-24-9-5-17(2)11-27(24)36(26(23)10-16)25-14-19(7-6-18(25)3)20-12-21(28(30,31)32)15-22(13-20)29(33,34)35/h4-15H,1-3H3. The molecule has 0 saturated heterocycles. The molecule has 184 valence electrons. The Morgan fingerprint density at radius 3 is 1.50 bits per heavy atom. The number of nitrogens with zero attached hydrogens (tertiary/aromatic N) is 1. The molecule has 5 aromatic rings. The summed E-state index contributed by atoms with van der Waals surface area (Å²) in [5, 5.41) is 2.03. The highest BCUT2D eigenvalue weighted by Gasteiger charge is 2.37. The van der Waals surface area contributed by atoms with Crippen LogP contribution in [-0.4, -0.2) is 4.57 Å². The number of aryl methyl sites for hydroxylation is 3. The molecule has 36 heavy (non-hydrogen) atoms. The van der Waals surface area contributed by atoms with Gasteiger partial charge in [-0.1, -0.05) is 36.4 Å². The largest absolute Gasteiger partial charge is 0.416 e. The molecule has 0 N–H and O–H groups in total. The zero-order valence-electron chi connectivity index (χ0n) is 19.6. The van der Waals surface area contributed by atoms with Crippen LogP contribution in [0.1, 0.15) is 27.8 Å². The van der Waals surface area contributed by atoms with Gasteiger partial charge in [0.25, 0.3) is 0 Å². The van der Waals surface area contributed by atoms with Crippen LogP contribution in [0.25, 0.3) is 38.6 Å². The number of rotatable bonds is 2. The molecule has 0 spiro atoms. The first-order valence-corrected chi connectivity index (χ1v) is 11.3. The molecule has 0 bridgehead atoms. The fourth-order valence-corrected chi connectivity index (χ4v) is 4.65. The summed E-state index contributed by atoms with van der Waals surface area (Å²) in [6, 6.07) is 18.8. The molecule has 0 saturated carbocycles. The van der Waals surface area contributed by atoms with Crippen LogP contribution in [0, 0.1) is 20.8 Å². The summed E-state index contributed by atoms with van der Waals surface area (Å²) in [5.74, 6) is 0. The Morgan fingerprint density at radius 1 is 0.528 bits per heavy atom. The van der Waals surface area contributed by atoms with Gasteiger partial charge in [0.2, 0.25) is 0 Å². The molecule has 1 nitrogen and oxygen atoms in total. The monoisotopic (exact) mass is 497 g/mol. The Kier molecular flexibility index (Phi) is 5.43. The average molecular weight is 497 g/mol. The first kappa shape index (κ1) is 24.0. The number of hydrogen-bond acceptors (Lipinski definition) is 0. The van der Waals surface area contributed by atoms with Crippen LogP contribution in [0.2, 0.25) is 0 Å². The second-order valence-electron chi connectivity index (χ2n) is 9.17. The molecule has 0 radical (unpaired) electrons. The second kappa shape index (κ2) is 8.15. The van der Waals surface area contributed by atoms with Gasteiger partial charge in [-0.2, -0.15) is 26.3 Å². The van der Waals surface area contributed by atoms with Crippen LogP contribution in [0.4, 0.5) is 26.3 Å². The SMILES string of the molecule is Cc1ccc2c3ccc(C)cc3n(-c3cc(-c4cc(C(F)(F)F)cc(C(F)(F)F)c4)ccc3C)c2c1. The van der Waals surface area contributed by atoms with Crippen LogP contribution in [0.5, 0.6) is 0 Å². The van der Waals surface area contributed by atoms with Crippen LogP contribution < -0.4 is 0 Å². The number of alkyl halides is 6. The molecule has 0 unspecified atom stereocenters. The van der Waals surface area contributed by atoms with Gasteiger partial charge >= 0.3 is 12.4 Å². The van der Waals surface area contributed by atoms with Gasteiger partial charge in [0.15, 0.2) is 0 Å². The van der Waals surface area contributed by atoms with Gasteiger partial charge in [-0.25, -0.2) is 0 Å². The van der Waals surface area contributed by atoms with Crippen molar-refractivity contribution >= 4 is 21.8 Å². The summed E-state index contributed by atoms with van der Waals surface area (Å²) < 4.78 is 82.9. The first-order chi connectivity index (χ1) is 16.8. The Morgan fingerprint density at radius 2 is 1.03 bits per heavy atom. The Balaban J connectivity index is 1.81. The Labute approximate surface area is 203 Å². The van der Waals surface area contributed by atoms with Crippen molar-refractivity contribution in [1.29, 1.82) is 0 Å². The van der Waals surface area contributed by atoms with Crippen molar-refractivity contribution in [3.8, 4) is 16.8 Å². The van der Waals surface area contributed by atoms with Crippen molar-refractivity contribution in [1.82, 2.24) is 4.57 Å². The van der Waals surface area contributed by atoms with Crippen molar-refractivity contribution in [2.75, 3.05) is 0 Å². The number of hydrogen-bond donors (Lipinski definition) is 0. The van der Waals surface area contributed by atoms with Crippen molar-refractivity contribution < 1.29 is 26.3 Å². The van der Waals surface area contributed by atoms with E-state index >= 15 is 0 Å². The summed E-state index contributed by atoms with van der Waals surface area (Å²) in [5.41, 5.74) is 2.86. The third-order valence-electron chi connectivity index (χ3n) is 6.45. The molecular formula is C29H21F6N. The lowest BCUT2D eigenvalue weighted by molar-refractivity contribution is -0.143. The van der Waals surface area contributed by atoms with E-state index in [9.17, 15) is 26.3 Å². The van der Waals surface area contributed by atoms with E-state index in [-0.39, 0.29) is 17.2 Å². The van der Waals surface area contributed by atoms with Crippen LogP contribution in [-0.2, 0) is 12.4 Å². The Bertz CT molecular complexity index is 1550. The third kappa shape index (κ3) is 4.12. The lowest BCUT2D eigenvalue weighted by Crippen LogP contribution is -2.11. The third-order valence-corrected chi connectivity index (χ3v) is 6.45. The fourth-order valence-electron chi connectivity index (χ4n) is 4.65. The van der Waals surface area contributed by atoms with E-state index in [2.05, 4.69) is 0 Å². The van der Waals surface area contributed by atoms with Gasteiger partial charge in [-0.05, 0) is 85.0 Å². The van der Waals surface area contributed by atoms with Crippen molar-refractivity contribution in [3.63, 3.8) is 0 Å². The zero-order valence-corrected chi connectivity index (χ0v) is 19.6. The molecule has 0 atom stereocenters. The predicted octanol–water partition coefficient (Wildman–Crippen LogP) is 9.41. The van der Waals surface area contributed by atoms with Gasteiger partial charge in [0.05, 0.1) is 22.2 Å². The van der Waals surface area contributed by atoms with Gasteiger partial charge in [-0.3, -0.25) is 0 Å². The second-order valence-corrected chi connectivity index (χ2v) is 9.17. The summed E-state index contributed by atoms with van der Waals surface area (Å²) in [6.45, 7) is 5.81. The van der Waals surface area contributed by atoms with E-state index in [4.69, 9.17) is 0 Å². The van der Waals surface area contributed by atoms with E-state index in [1.165, 1.54) is 0 Å². The maximum atomic E-state index is 13.5. The average Bonchev–Trinajstić information content (AvgIpc) is 3.10. The van der Waals surface area contributed by atoms with Gasteiger partial charge < -0.3 is 4.57 Å². The normalized spacial score (nSPS) is 12.6. The highest BCUT2D eigenvalue weighted by atomic mass is 19.4. The minimum absolute atomic E-state index is 0.147. The predicted molar refractivity (Wildman–Crippen MR) is 130 cm³/mol. The van der Waals surface area contributed by atoms with E-state index in [0.717, 1.165) is 50.6 Å². The fraction of sp³-hybridized carbons (Fsp3) is 0.172. The van der Waals surface area contributed by atoms with Gasteiger partial charge in [0, 0.05) is 16.5 Å². The van der Waals surface area contributed by atoms with E-state index in [1.807, 2.05) is 61.7 Å². The molecule has 0 aliphatic heterocycles. The summed E-state index contributed by atoms with van der Waals surface area (Å²) >= 11 is 0. The van der Waals surface area contributed by atoms with Crippen LogP contribution in [0.3, 0.4) is 0 Å². The van der Waals surface area contributed by atoms with E-state index < -0.39 is 23.5 Å². The molecule has 4 aromatic carbocycles. The lowest BCUT2D eigenvalue weighted by atomic mass is 9.97. The van der Waals surface area contributed by atoms with Crippen LogP contribution >= 0.6 is 0 Å². The summed E-state index contributed by atoms with van der Waals surface area (Å²) in [6.07, 6.45) is -9.82. The molecule has 1 heterocycles. The Hall–Kier alpha value is -3.74. The molecular weight excluding hydrogens is 476 g/mol. The molecule has 0 fully saturated rings. The maximum absolute atomic E-state index is 13.5. The summed E-state index contributed by atoms with van der Waals surface area (Å²) in [4.78, 5) is 0. The van der Waals surface area contributed by atoms with Crippen LogP contribution in [0.15, 0.2) is 72.8 Å². The lowest BCUT2D eigenvalue weighted by Gasteiger charge is -2.17. The van der Waals surface area contributed by atoms with Crippen molar-refractivity contribution in [2.24, 2.45) is 0 Å². The number of fused-ring (bicyclic) bond motifs is 3. The first-order valence-electron chi connectivity index (χ1n) is 11.3. The minimum Gasteiger partial charge on any atom is -0.309 e. The van der Waals surface area contributed by atoms with E-state index in [0.29, 0.717) is 5.69 Å². The molecule has 5 rings (SSSR count). The minimum atomic E-state index is -4.91. The molecule has 0 aliphatic rings. The number of aromatic nitrogens is 1. The van der Waals surface area contributed by atoms with Gasteiger partial charge in [-0.15, -0.1) is 0 Å². The van der Waals surface area contributed by atoms with Gasteiger partial charge in [0.1, 0.15) is 0 Å². The highest BCUT2D eigenvalue weighted by molar-refractivity contribution is 6.09. The molecule has 7 heteroatoms. The van der Waals surface area contributed by atoms with Crippen molar-refractivity contribution in [3.05, 3.63) is 101 Å². The zero-order chi connectivity index (χ0) is 26.0. The molecule has 1 aromatic heterocycles. The highest BCUT2D eigenvalue weighted by Crippen LogP contribution is 2.40. The molecule has 0 amide bonds. The maximum Gasteiger partial charge on any atom is 0.416 e. The van der Waals surface area contributed by atoms with E-state index in [1.54, 1.807) is 18.2 Å².